The molecule has 0 fully saturated rings. The van der Waals surface area contributed by atoms with E-state index in [4.69, 9.17) is 18.9 Å². The summed E-state index contributed by atoms with van der Waals surface area (Å²) in [7, 11) is 1.44. The Morgan fingerprint density at radius 3 is 2.19 bits per heavy atom. The molecule has 15 nitrogen and oxygen atoms in total. The molecule has 5 bridgehead atoms. The van der Waals surface area contributed by atoms with Crippen LogP contribution in [-0.4, -0.2) is 105 Å². The van der Waals surface area contributed by atoms with Crippen molar-refractivity contribution >= 4 is 40.3 Å². The average molecular weight is 824 g/mol. The number of esters is 1. The highest BCUT2D eigenvalue weighted by Gasteiger charge is 2.50. The van der Waals surface area contributed by atoms with Gasteiger partial charge < -0.3 is 49.8 Å². The van der Waals surface area contributed by atoms with Gasteiger partial charge in [0.15, 0.2) is 5.75 Å². The lowest BCUT2D eigenvalue weighted by atomic mass is 9.78. The number of allylic oxidation sites excluding steroid dienone is 2. The monoisotopic (exact) mass is 823 g/mol. The minimum absolute atomic E-state index is 0.0556. The summed E-state index contributed by atoms with van der Waals surface area (Å²) >= 11 is 0. The van der Waals surface area contributed by atoms with E-state index < -0.39 is 88.8 Å². The first-order valence-electron chi connectivity index (χ1n) is 20.1. The van der Waals surface area contributed by atoms with Gasteiger partial charge in [0.25, 0.3) is 11.7 Å². The van der Waals surface area contributed by atoms with Gasteiger partial charge in [-0.3, -0.25) is 19.4 Å². The number of ether oxygens (including phenoxy) is 4. The summed E-state index contributed by atoms with van der Waals surface area (Å²) in [6.07, 6.45) is 6.38. The second-order valence-corrected chi connectivity index (χ2v) is 15.8. The zero-order valence-corrected chi connectivity index (χ0v) is 35.9. The molecular weight excluding hydrogens is 762 g/mol. The molecule has 5 rings (SSSR count). The number of methoxy groups -OCH3 is 1. The van der Waals surface area contributed by atoms with Crippen LogP contribution in [0.15, 0.2) is 41.2 Å². The molecular formula is C44H61N3O12. The molecule has 2 aromatic carbocycles. The Morgan fingerprint density at radius 1 is 0.949 bits per heavy atom. The summed E-state index contributed by atoms with van der Waals surface area (Å²) in [6, 6.07) is 0. The molecule has 0 saturated carbocycles. The zero-order valence-electron chi connectivity index (χ0n) is 35.9. The van der Waals surface area contributed by atoms with Crippen LogP contribution in [0.1, 0.15) is 96.6 Å². The molecule has 3 heterocycles. The quantitative estimate of drug-likeness (QED) is 0.0575. The first kappa shape index (κ1) is 46.6. The summed E-state index contributed by atoms with van der Waals surface area (Å²) in [4.78, 5) is 40.5. The zero-order chi connectivity index (χ0) is 44.1. The number of nitrogens with one attached hydrogen (secondary N) is 1. The first-order chi connectivity index (χ1) is 27.8. The third-order valence-electron chi connectivity index (χ3n) is 11.3. The van der Waals surface area contributed by atoms with Crippen molar-refractivity contribution in [1.29, 1.82) is 0 Å². The molecule has 0 spiro atoms. The fourth-order valence-corrected chi connectivity index (χ4v) is 7.76. The van der Waals surface area contributed by atoms with Crippen molar-refractivity contribution in [1.82, 2.24) is 5.01 Å². The standard InChI is InChI=1S/C44H61N3O12/c1-12-18-47(19-13-2)45-21-29-34-39(53)32-31(38(29)52)33-41(27(8)37(32)51)59-44(10,42(33)54)57-20-17-30(56-11)24(5)40(58-28(9)48)26(7)36(50)25(6)35(49)22(3)15-14-16-23(4)43(55)46-34/h14-17,20-22,24-26,30,35-36,40,49-53H,12-13,18-19H2,1-11H3,(H,46,55)/b15-14+,20-17+,23-16-,45-21+/t22-,24-,25-,26-,30+,35+,36+,40-,44+/m1/s1. The number of aromatic hydroxyl groups is 3. The van der Waals surface area contributed by atoms with Crippen LogP contribution in [0.5, 0.6) is 23.0 Å². The number of phenolic OH excluding ortho intramolecular Hbond substituents is 3. The van der Waals surface area contributed by atoms with Crippen LogP contribution in [0.3, 0.4) is 0 Å². The first-order valence-corrected chi connectivity index (χ1v) is 20.1. The Kier molecular flexibility index (Phi) is 15.2. The van der Waals surface area contributed by atoms with Crippen LogP contribution in [0, 0.1) is 30.6 Å². The molecule has 3 aliphatic rings. The van der Waals surface area contributed by atoms with Crippen LogP contribution in [0.25, 0.3) is 10.8 Å². The van der Waals surface area contributed by atoms with Gasteiger partial charge in [-0.2, -0.15) is 5.10 Å². The van der Waals surface area contributed by atoms with E-state index >= 15 is 0 Å². The minimum atomic E-state index is -2.04. The summed E-state index contributed by atoms with van der Waals surface area (Å²) in [5.74, 6) is -8.35. The number of amides is 1. The number of benzene rings is 2. The van der Waals surface area contributed by atoms with E-state index in [1.807, 2.05) is 13.8 Å². The van der Waals surface area contributed by atoms with Crippen LogP contribution in [-0.2, 0) is 23.8 Å². The van der Waals surface area contributed by atoms with E-state index in [0.29, 0.717) is 13.1 Å². The number of carbonyl (C=O) groups is 3. The van der Waals surface area contributed by atoms with Gasteiger partial charge in [0.1, 0.15) is 23.4 Å². The summed E-state index contributed by atoms with van der Waals surface area (Å²) in [6.45, 7) is 17.6. The van der Waals surface area contributed by atoms with Crippen molar-refractivity contribution in [2.75, 3.05) is 25.5 Å². The predicted molar refractivity (Wildman–Crippen MR) is 224 cm³/mol. The van der Waals surface area contributed by atoms with Crippen molar-refractivity contribution in [3.8, 4) is 23.0 Å². The van der Waals surface area contributed by atoms with Crippen molar-refractivity contribution in [2.24, 2.45) is 28.8 Å². The topological polar surface area (TPSA) is 217 Å². The molecule has 0 saturated heterocycles. The highest BCUT2D eigenvalue weighted by Crippen LogP contribution is 2.55. The Hall–Kier alpha value is -5.12. The molecule has 9 atom stereocenters. The van der Waals surface area contributed by atoms with Crippen molar-refractivity contribution in [3.63, 3.8) is 0 Å². The Bertz CT molecular complexity index is 2020. The van der Waals surface area contributed by atoms with E-state index in [2.05, 4.69) is 10.4 Å². The number of Topliss-reactive ketones (excluding diaryl/α,β-unsaturated/α-hetero) is 1. The SMILES string of the molecule is CCCN(CCC)/N=C/c1c2c(O)c3c(O)c(C)c4c(c3c1O)C(=O)[C@@](C)(O/C=C/[C@H](OC)[C@@H](C)[C@@H](OC(C)=O)[C@H](C)[C@@H](O)[C@H](C)[C@@H](O)[C@H](C)/C=C/C=C(/C)C(=O)N2)O4. The third-order valence-corrected chi connectivity index (χ3v) is 11.3. The highest BCUT2D eigenvalue weighted by molar-refractivity contribution is 6.23. The van der Waals surface area contributed by atoms with Crippen LogP contribution in [0.2, 0.25) is 0 Å². The van der Waals surface area contributed by atoms with E-state index in [-0.39, 0.29) is 44.5 Å². The van der Waals surface area contributed by atoms with Gasteiger partial charge in [-0.15, -0.1) is 0 Å². The number of hydrazone groups is 1. The number of hydrogen-bond donors (Lipinski definition) is 6. The number of aliphatic hydroxyl groups excluding tert-OH is 2. The number of phenols is 3. The number of aliphatic hydroxyl groups is 2. The Labute approximate surface area is 346 Å². The maximum Gasteiger partial charge on any atom is 0.312 e. The fourth-order valence-electron chi connectivity index (χ4n) is 7.76. The fraction of sp³-hybridized carbons (Fsp3) is 0.545. The van der Waals surface area contributed by atoms with Gasteiger partial charge in [-0.25, -0.2) is 0 Å². The molecule has 15 heteroatoms. The largest absolute Gasteiger partial charge is 0.507 e. The summed E-state index contributed by atoms with van der Waals surface area (Å²) in [5, 5.41) is 66.9. The molecule has 0 radical (unpaired) electrons. The molecule has 0 aliphatic carbocycles. The van der Waals surface area contributed by atoms with Crippen LogP contribution in [0.4, 0.5) is 5.69 Å². The highest BCUT2D eigenvalue weighted by atomic mass is 16.7. The maximum atomic E-state index is 14.4. The van der Waals surface area contributed by atoms with Crippen LogP contribution < -0.4 is 10.1 Å². The van der Waals surface area contributed by atoms with E-state index in [0.717, 1.165) is 12.8 Å². The van der Waals surface area contributed by atoms with E-state index in [9.17, 15) is 39.9 Å². The van der Waals surface area contributed by atoms with Gasteiger partial charge in [0.05, 0.1) is 53.0 Å². The number of ketones is 1. The predicted octanol–water partition coefficient (Wildman–Crippen LogP) is 6.21. The molecule has 324 valence electrons. The van der Waals surface area contributed by atoms with Gasteiger partial charge in [-0.05, 0) is 32.8 Å². The number of anilines is 1. The second-order valence-electron chi connectivity index (χ2n) is 15.8. The molecule has 1 amide bonds. The van der Waals surface area contributed by atoms with Crippen molar-refractivity contribution in [3.05, 3.63) is 52.8 Å². The third kappa shape index (κ3) is 9.53. The maximum absolute atomic E-state index is 14.4. The molecule has 6 N–H and O–H groups in total. The normalized spacial score (nSPS) is 30.1. The van der Waals surface area contributed by atoms with Gasteiger partial charge in [0.2, 0.25) is 0 Å². The molecule has 0 unspecified atom stereocenters. The van der Waals surface area contributed by atoms with E-state index in [1.54, 1.807) is 44.9 Å². The number of fused-ring (bicyclic) bond motifs is 14. The minimum Gasteiger partial charge on any atom is -0.507 e. The van der Waals surface area contributed by atoms with Crippen LogP contribution >= 0.6 is 0 Å². The molecule has 59 heavy (non-hydrogen) atoms. The molecule has 0 aromatic heterocycles. The number of hydrogen-bond acceptors (Lipinski definition) is 14. The average Bonchev–Trinajstić information content (AvgIpc) is 3.46. The van der Waals surface area contributed by atoms with Crippen molar-refractivity contribution < 1.29 is 58.9 Å². The number of carbonyl (C=O) groups excluding carboxylic acids is 3. The number of rotatable bonds is 8. The lowest BCUT2D eigenvalue weighted by Crippen LogP contribution is -2.46. The lowest BCUT2D eigenvalue weighted by molar-refractivity contribution is -0.160. The summed E-state index contributed by atoms with van der Waals surface area (Å²) < 4.78 is 23.6. The Balaban J connectivity index is 2.00. The Morgan fingerprint density at radius 2 is 1.59 bits per heavy atom. The number of nitrogens with zero attached hydrogens (tertiary/aromatic N) is 2. The molecule has 2 aromatic rings. The summed E-state index contributed by atoms with van der Waals surface area (Å²) in [5.41, 5.74) is -0.354. The second kappa shape index (κ2) is 19.3. The van der Waals surface area contributed by atoms with Gasteiger partial charge >= 0.3 is 11.8 Å². The smallest absolute Gasteiger partial charge is 0.312 e. The van der Waals surface area contributed by atoms with E-state index in [1.165, 1.54) is 59.4 Å². The lowest BCUT2D eigenvalue weighted by Gasteiger charge is -2.38. The molecule has 3 aliphatic heterocycles. The van der Waals surface area contributed by atoms with Gasteiger partial charge in [0, 0.05) is 74.2 Å². The van der Waals surface area contributed by atoms with Crippen molar-refractivity contribution in [2.45, 2.75) is 112 Å². The van der Waals surface area contributed by atoms with Gasteiger partial charge in [-0.1, -0.05) is 59.8 Å².